The Hall–Kier alpha value is -2.47. The molecule has 0 spiro atoms. The standard InChI is InChI=1S/C18H18N3O2.BrH/c1-19-18(22)17(12-15-8-4-2-5-9-15)14-20(21(19)23)13-16-10-6-3-7-11-16;/h2-11,14H,12-13H2,1H3;1H/q+1;/p-1. The molecule has 0 radical (unpaired) electrons. The van der Waals surface area contributed by atoms with E-state index in [4.69, 9.17) is 0 Å². The lowest BCUT2D eigenvalue weighted by atomic mass is 10.1. The fraction of sp³-hybridized carbons (Fsp3) is 0.167. The van der Waals surface area contributed by atoms with Crippen LogP contribution in [-0.2, 0) is 20.0 Å². The zero-order valence-electron chi connectivity index (χ0n) is 13.3. The second-order valence-corrected chi connectivity index (χ2v) is 5.48. The van der Waals surface area contributed by atoms with Crippen LogP contribution in [0, 0.1) is 4.91 Å². The summed E-state index contributed by atoms with van der Waals surface area (Å²) in [5, 5.41) is 0. The van der Waals surface area contributed by atoms with Gasteiger partial charge in [0.2, 0.25) is 0 Å². The topological polar surface area (TPSA) is 49.9 Å². The molecule has 3 rings (SSSR count). The highest BCUT2D eigenvalue weighted by Gasteiger charge is 2.16. The lowest BCUT2D eigenvalue weighted by Crippen LogP contribution is -3.00. The van der Waals surface area contributed by atoms with Crippen molar-refractivity contribution in [3.05, 3.63) is 98.8 Å². The number of nitrogens with zero attached hydrogens (tertiary/aromatic N) is 3. The highest BCUT2D eigenvalue weighted by atomic mass is 79.9. The molecular formula is C18H18BrN3O2. The van der Waals surface area contributed by atoms with E-state index >= 15 is 0 Å². The molecule has 0 atom stereocenters. The van der Waals surface area contributed by atoms with Gasteiger partial charge in [0.25, 0.3) is 4.66 Å². The SMILES string of the molecule is Cn1c(=O)c(Cc2ccccc2)cn(Cc2ccccc2)[n+]1=O.[Br-]. The number of hydrogen-bond donors (Lipinski definition) is 0. The molecule has 0 amide bonds. The minimum absolute atomic E-state index is 0. The lowest BCUT2D eigenvalue weighted by molar-refractivity contribution is -0.686. The average molecular weight is 388 g/mol. The Morgan fingerprint density at radius 3 is 2.04 bits per heavy atom. The number of hydrogen-bond acceptors (Lipinski definition) is 2. The predicted molar refractivity (Wildman–Crippen MR) is 87.8 cm³/mol. The van der Waals surface area contributed by atoms with Crippen LogP contribution in [0.4, 0.5) is 0 Å². The Morgan fingerprint density at radius 1 is 0.917 bits per heavy atom. The molecule has 3 aromatic rings. The van der Waals surface area contributed by atoms with E-state index in [0.717, 1.165) is 15.8 Å². The van der Waals surface area contributed by atoms with Crippen molar-refractivity contribution in [2.45, 2.75) is 13.0 Å². The van der Waals surface area contributed by atoms with Gasteiger partial charge < -0.3 is 17.0 Å². The summed E-state index contributed by atoms with van der Waals surface area (Å²) in [5.74, 6) is 0. The summed E-state index contributed by atoms with van der Waals surface area (Å²) in [5.41, 5.74) is 2.38. The summed E-state index contributed by atoms with van der Waals surface area (Å²) >= 11 is 0. The van der Waals surface area contributed by atoms with Gasteiger partial charge >= 0.3 is 5.56 Å². The van der Waals surface area contributed by atoms with E-state index in [1.54, 1.807) is 6.20 Å². The molecule has 0 aliphatic rings. The molecule has 0 N–H and O–H groups in total. The van der Waals surface area contributed by atoms with Gasteiger partial charge in [-0.3, -0.25) is 4.79 Å². The quantitative estimate of drug-likeness (QED) is 0.525. The zero-order valence-corrected chi connectivity index (χ0v) is 14.9. The Morgan fingerprint density at radius 2 is 1.46 bits per heavy atom. The van der Waals surface area contributed by atoms with E-state index in [1.807, 2.05) is 60.7 Å². The monoisotopic (exact) mass is 387 g/mol. The predicted octanol–water partition coefficient (Wildman–Crippen LogP) is -1.26. The average Bonchev–Trinajstić information content (AvgIpc) is 2.59. The van der Waals surface area contributed by atoms with Gasteiger partial charge in [0.1, 0.15) is 6.54 Å². The highest BCUT2D eigenvalue weighted by Crippen LogP contribution is 2.06. The Kier molecular flexibility index (Phi) is 5.87. The summed E-state index contributed by atoms with van der Waals surface area (Å²) in [4.78, 5) is 24.6. The van der Waals surface area contributed by atoms with Crippen LogP contribution in [0.25, 0.3) is 0 Å². The van der Waals surface area contributed by atoms with Gasteiger partial charge in [-0.15, -0.1) is 0 Å². The van der Waals surface area contributed by atoms with Gasteiger partial charge in [-0.05, 0) is 15.8 Å². The maximum absolute atomic E-state index is 12.3. The summed E-state index contributed by atoms with van der Waals surface area (Å²) in [6.07, 6.45) is 2.15. The van der Waals surface area contributed by atoms with Gasteiger partial charge in [0.15, 0.2) is 0 Å². The first-order valence-electron chi connectivity index (χ1n) is 7.45. The van der Waals surface area contributed by atoms with E-state index in [-0.39, 0.29) is 22.5 Å². The Balaban J connectivity index is 0.00000208. The van der Waals surface area contributed by atoms with Gasteiger partial charge in [0, 0.05) is 12.0 Å². The van der Waals surface area contributed by atoms with Crippen molar-refractivity contribution in [3.8, 4) is 0 Å². The van der Waals surface area contributed by atoms with E-state index < -0.39 is 0 Å². The van der Waals surface area contributed by atoms with Crippen molar-refractivity contribution in [1.29, 1.82) is 0 Å². The summed E-state index contributed by atoms with van der Waals surface area (Å²) in [6.45, 7) is 0.417. The highest BCUT2D eigenvalue weighted by molar-refractivity contribution is 5.22. The van der Waals surface area contributed by atoms with Crippen molar-refractivity contribution in [3.63, 3.8) is 0 Å². The summed E-state index contributed by atoms with van der Waals surface area (Å²) in [7, 11) is 1.49. The third-order valence-electron chi connectivity index (χ3n) is 3.77. The Labute approximate surface area is 150 Å². The van der Waals surface area contributed by atoms with Crippen LogP contribution in [0.15, 0.2) is 71.7 Å². The van der Waals surface area contributed by atoms with Crippen LogP contribution in [0.5, 0.6) is 0 Å². The first-order chi connectivity index (χ1) is 11.1. The van der Waals surface area contributed by atoms with Crippen LogP contribution < -0.4 is 27.2 Å². The smallest absolute Gasteiger partial charge is 0.313 e. The van der Waals surface area contributed by atoms with E-state index in [2.05, 4.69) is 0 Å². The molecule has 1 aromatic heterocycles. The fourth-order valence-electron chi connectivity index (χ4n) is 2.56. The normalized spacial score (nSPS) is 10.2. The summed E-state index contributed by atoms with van der Waals surface area (Å²) in [6, 6.07) is 19.5. The van der Waals surface area contributed by atoms with Crippen molar-refractivity contribution < 1.29 is 21.6 Å². The third-order valence-corrected chi connectivity index (χ3v) is 3.77. The first kappa shape index (κ1) is 17.9. The Bertz CT molecular complexity index is 845. The molecule has 124 valence electrons. The number of aromatic nitrogens is 3. The van der Waals surface area contributed by atoms with Crippen LogP contribution >= 0.6 is 0 Å². The molecule has 0 fully saturated rings. The first-order valence-corrected chi connectivity index (χ1v) is 7.45. The molecule has 0 bridgehead atoms. The van der Waals surface area contributed by atoms with Crippen molar-refractivity contribution >= 4 is 0 Å². The molecule has 6 heteroatoms. The van der Waals surface area contributed by atoms with Crippen LogP contribution in [0.1, 0.15) is 16.7 Å². The zero-order chi connectivity index (χ0) is 16.2. The molecule has 0 unspecified atom stereocenters. The molecule has 0 saturated heterocycles. The molecule has 0 aliphatic carbocycles. The number of benzene rings is 2. The second kappa shape index (κ2) is 7.88. The molecule has 24 heavy (non-hydrogen) atoms. The minimum Gasteiger partial charge on any atom is -1.00 e. The van der Waals surface area contributed by atoms with E-state index in [1.165, 1.54) is 11.7 Å². The largest absolute Gasteiger partial charge is 1.00 e. The molecule has 0 aliphatic heterocycles. The molecule has 5 nitrogen and oxygen atoms in total. The minimum atomic E-state index is -0.270. The van der Waals surface area contributed by atoms with Gasteiger partial charge in [-0.2, -0.15) is 0 Å². The molecule has 0 saturated carbocycles. The molecular weight excluding hydrogens is 370 g/mol. The van der Waals surface area contributed by atoms with Gasteiger partial charge in [-0.25, -0.2) is 0 Å². The summed E-state index contributed by atoms with van der Waals surface area (Å²) < 4.78 is 3.21. The second-order valence-electron chi connectivity index (χ2n) is 5.48. The number of rotatable bonds is 4. The van der Waals surface area contributed by atoms with Crippen LogP contribution in [0.2, 0.25) is 0 Å². The maximum atomic E-state index is 12.3. The van der Waals surface area contributed by atoms with E-state index in [9.17, 15) is 9.70 Å². The van der Waals surface area contributed by atoms with Gasteiger partial charge in [0.05, 0.1) is 18.2 Å². The van der Waals surface area contributed by atoms with Crippen molar-refractivity contribution in [2.24, 2.45) is 7.05 Å². The molecule has 2 aromatic carbocycles. The fourth-order valence-corrected chi connectivity index (χ4v) is 2.56. The molecule has 1 heterocycles. The van der Waals surface area contributed by atoms with Crippen LogP contribution in [0.3, 0.4) is 0 Å². The van der Waals surface area contributed by atoms with Gasteiger partial charge in [-0.1, -0.05) is 65.3 Å². The van der Waals surface area contributed by atoms with Crippen molar-refractivity contribution in [1.82, 2.24) is 9.36 Å². The lowest BCUT2D eigenvalue weighted by Gasteiger charge is -2.04. The van der Waals surface area contributed by atoms with Crippen LogP contribution in [-0.4, -0.2) is 9.36 Å². The third kappa shape index (κ3) is 3.89. The van der Waals surface area contributed by atoms with E-state index in [0.29, 0.717) is 23.2 Å². The maximum Gasteiger partial charge on any atom is 0.313 e. The van der Waals surface area contributed by atoms with Crippen molar-refractivity contribution in [2.75, 3.05) is 0 Å². The number of halogens is 1.